The molecule has 0 fully saturated rings. The third-order valence-electron chi connectivity index (χ3n) is 3.52. The normalized spacial score (nSPS) is 11.8. The first-order chi connectivity index (χ1) is 11.3. The van der Waals surface area contributed by atoms with Gasteiger partial charge in [0.15, 0.2) is 6.10 Å². The molecule has 0 aliphatic carbocycles. The molecule has 0 aliphatic heterocycles. The number of Topliss-reactive ketones (excluding diaryl/α,β-unsaturated/α-hetero) is 1. The number of nitrogens with zero attached hydrogens (tertiary/aromatic N) is 2. The summed E-state index contributed by atoms with van der Waals surface area (Å²) in [4.78, 5) is 36.8. The lowest BCUT2D eigenvalue weighted by Crippen LogP contribution is -2.24. The number of esters is 1. The number of ketones is 1. The zero-order chi connectivity index (χ0) is 17.9. The van der Waals surface area contributed by atoms with Crippen LogP contribution >= 0.6 is 11.3 Å². The largest absolute Gasteiger partial charge is 0.451 e. The first-order valence-corrected chi connectivity index (χ1v) is 8.18. The molecule has 1 unspecified atom stereocenters. The summed E-state index contributed by atoms with van der Waals surface area (Å²) in [5.74, 6) is -0.981. The zero-order valence-corrected chi connectivity index (χ0v) is 14.8. The van der Waals surface area contributed by atoms with E-state index < -0.39 is 12.1 Å². The van der Waals surface area contributed by atoms with Crippen LogP contribution in [0.15, 0.2) is 18.3 Å². The van der Waals surface area contributed by atoms with Crippen LogP contribution in [-0.4, -0.2) is 33.5 Å². The fraction of sp³-hybridized carbons (Fsp3) is 0.375. The molecule has 0 aliphatic rings. The molecule has 2 aromatic rings. The topological polar surface area (TPSA) is 90.3 Å². The molecule has 0 saturated carbocycles. The van der Waals surface area contributed by atoms with Gasteiger partial charge in [0.25, 0.3) is 0 Å². The number of hydrogen-bond acceptors (Lipinski definition) is 6. The van der Waals surface area contributed by atoms with E-state index in [1.54, 1.807) is 37.7 Å². The molecule has 0 radical (unpaired) electrons. The van der Waals surface area contributed by atoms with Crippen molar-refractivity contribution in [3.05, 3.63) is 39.3 Å². The number of carbonyl (C=O) groups excluding carboxylic acids is 3. The summed E-state index contributed by atoms with van der Waals surface area (Å²) in [6.07, 6.45) is 0.523. The second kappa shape index (κ2) is 7.39. The molecular weight excluding hydrogens is 330 g/mol. The summed E-state index contributed by atoms with van der Waals surface area (Å²) in [5.41, 5.74) is 1.02. The summed E-state index contributed by atoms with van der Waals surface area (Å²) in [6, 6.07) is 3.44. The molecule has 0 spiro atoms. The number of amides is 1. The minimum Gasteiger partial charge on any atom is -0.451 e. The summed E-state index contributed by atoms with van der Waals surface area (Å²) in [5, 5.41) is 6.66. The highest BCUT2D eigenvalue weighted by Crippen LogP contribution is 2.20. The van der Waals surface area contributed by atoms with Crippen molar-refractivity contribution in [2.75, 3.05) is 0 Å². The van der Waals surface area contributed by atoms with Crippen molar-refractivity contribution >= 4 is 29.0 Å². The van der Waals surface area contributed by atoms with Crippen molar-refractivity contribution in [1.29, 1.82) is 0 Å². The Balaban J connectivity index is 2.00. The van der Waals surface area contributed by atoms with Crippen molar-refractivity contribution in [3.8, 4) is 0 Å². The van der Waals surface area contributed by atoms with Gasteiger partial charge in [-0.05, 0) is 26.0 Å². The quantitative estimate of drug-likeness (QED) is 0.635. The number of aromatic nitrogens is 2. The predicted octanol–water partition coefficient (Wildman–Crippen LogP) is 1.85. The van der Waals surface area contributed by atoms with Gasteiger partial charge in [0, 0.05) is 24.5 Å². The molecule has 0 bridgehead atoms. The Morgan fingerprint density at radius 3 is 2.67 bits per heavy atom. The molecule has 2 aromatic heterocycles. The Kier molecular flexibility index (Phi) is 5.50. The lowest BCUT2D eigenvalue weighted by Gasteiger charge is -2.11. The van der Waals surface area contributed by atoms with Crippen LogP contribution in [0.3, 0.4) is 0 Å². The van der Waals surface area contributed by atoms with Crippen molar-refractivity contribution in [1.82, 2.24) is 15.1 Å². The number of aryl methyl sites for hydroxylation is 1. The Bertz CT molecular complexity index is 778. The van der Waals surface area contributed by atoms with E-state index in [1.165, 1.54) is 24.5 Å². The summed E-state index contributed by atoms with van der Waals surface area (Å²) < 4.78 is 6.82. The monoisotopic (exact) mass is 349 g/mol. The Morgan fingerprint density at radius 2 is 2.08 bits per heavy atom. The fourth-order valence-corrected chi connectivity index (χ4v) is 2.96. The fourth-order valence-electron chi connectivity index (χ4n) is 1.99. The summed E-state index contributed by atoms with van der Waals surface area (Å²) in [7, 11) is 1.73. The van der Waals surface area contributed by atoms with Crippen LogP contribution in [0.25, 0.3) is 0 Å². The van der Waals surface area contributed by atoms with E-state index in [2.05, 4.69) is 10.4 Å². The molecule has 1 atom stereocenters. The molecule has 1 N–H and O–H groups in total. The molecule has 8 heteroatoms. The molecule has 128 valence electrons. The SMILES string of the molecule is CC(=O)NCc1ccc(C(=O)C(C)OC(=O)c2cnn(C)c2C)s1. The Morgan fingerprint density at radius 1 is 1.38 bits per heavy atom. The Labute approximate surface area is 143 Å². The van der Waals surface area contributed by atoms with Gasteiger partial charge in [-0.3, -0.25) is 14.3 Å². The van der Waals surface area contributed by atoms with Gasteiger partial charge < -0.3 is 10.1 Å². The van der Waals surface area contributed by atoms with Gasteiger partial charge in [-0.25, -0.2) is 4.79 Å². The summed E-state index contributed by atoms with van der Waals surface area (Å²) in [6.45, 7) is 5.10. The van der Waals surface area contributed by atoms with Crippen LogP contribution in [0.1, 0.15) is 44.4 Å². The molecule has 0 saturated heterocycles. The van der Waals surface area contributed by atoms with Crippen LogP contribution < -0.4 is 5.32 Å². The standard InChI is InChI=1S/C16H19N3O4S/c1-9-13(8-18-19(9)4)16(22)23-10(2)15(21)14-6-5-12(24-14)7-17-11(3)20/h5-6,8,10H,7H2,1-4H3,(H,17,20). The average molecular weight is 349 g/mol. The van der Waals surface area contributed by atoms with Crippen LogP contribution in [0.5, 0.6) is 0 Å². The van der Waals surface area contributed by atoms with Crippen LogP contribution in [-0.2, 0) is 23.1 Å². The molecule has 7 nitrogen and oxygen atoms in total. The maximum Gasteiger partial charge on any atom is 0.342 e. The maximum absolute atomic E-state index is 12.4. The first-order valence-electron chi connectivity index (χ1n) is 7.36. The average Bonchev–Trinajstić information content (AvgIpc) is 3.12. The van der Waals surface area contributed by atoms with Crippen LogP contribution in [0.4, 0.5) is 0 Å². The first kappa shape index (κ1) is 17.9. The highest BCUT2D eigenvalue weighted by molar-refractivity contribution is 7.14. The van der Waals surface area contributed by atoms with Crippen molar-refractivity contribution in [2.24, 2.45) is 7.05 Å². The van der Waals surface area contributed by atoms with E-state index in [0.29, 0.717) is 22.7 Å². The molecular formula is C16H19N3O4S. The van der Waals surface area contributed by atoms with E-state index in [4.69, 9.17) is 4.74 Å². The van der Waals surface area contributed by atoms with Gasteiger partial charge in [0.1, 0.15) is 5.56 Å². The number of carbonyl (C=O) groups is 3. The highest BCUT2D eigenvalue weighted by atomic mass is 32.1. The van der Waals surface area contributed by atoms with E-state index in [1.807, 2.05) is 0 Å². The van der Waals surface area contributed by atoms with Crippen LogP contribution in [0.2, 0.25) is 0 Å². The van der Waals surface area contributed by atoms with Gasteiger partial charge >= 0.3 is 5.97 Å². The van der Waals surface area contributed by atoms with Crippen molar-refractivity contribution in [2.45, 2.75) is 33.4 Å². The zero-order valence-electron chi connectivity index (χ0n) is 14.0. The van der Waals surface area contributed by atoms with Gasteiger partial charge in [-0.1, -0.05) is 0 Å². The number of thiophene rings is 1. The number of hydrogen-bond donors (Lipinski definition) is 1. The number of nitrogens with one attached hydrogen (secondary N) is 1. The minimum absolute atomic E-state index is 0.134. The molecule has 2 heterocycles. The Hall–Kier alpha value is -2.48. The second-order valence-electron chi connectivity index (χ2n) is 5.35. The van der Waals surface area contributed by atoms with E-state index in [0.717, 1.165) is 4.88 Å². The molecule has 2 rings (SSSR count). The van der Waals surface area contributed by atoms with Gasteiger partial charge in [0.2, 0.25) is 11.7 Å². The third kappa shape index (κ3) is 4.08. The third-order valence-corrected chi connectivity index (χ3v) is 4.62. The second-order valence-corrected chi connectivity index (χ2v) is 6.52. The highest BCUT2D eigenvalue weighted by Gasteiger charge is 2.23. The van der Waals surface area contributed by atoms with E-state index in [-0.39, 0.29) is 11.7 Å². The van der Waals surface area contributed by atoms with E-state index >= 15 is 0 Å². The van der Waals surface area contributed by atoms with Gasteiger partial charge in [-0.15, -0.1) is 11.3 Å². The van der Waals surface area contributed by atoms with Crippen molar-refractivity contribution in [3.63, 3.8) is 0 Å². The smallest absolute Gasteiger partial charge is 0.342 e. The maximum atomic E-state index is 12.4. The molecule has 24 heavy (non-hydrogen) atoms. The lowest BCUT2D eigenvalue weighted by molar-refractivity contribution is -0.119. The number of ether oxygens (including phenoxy) is 1. The van der Waals surface area contributed by atoms with Crippen molar-refractivity contribution < 1.29 is 19.1 Å². The number of rotatable bonds is 6. The minimum atomic E-state index is -0.899. The lowest BCUT2D eigenvalue weighted by atomic mass is 10.2. The van der Waals surface area contributed by atoms with E-state index in [9.17, 15) is 14.4 Å². The van der Waals surface area contributed by atoms with Gasteiger partial charge in [-0.2, -0.15) is 5.10 Å². The van der Waals surface area contributed by atoms with Crippen LogP contribution in [0, 0.1) is 6.92 Å². The van der Waals surface area contributed by atoms with Gasteiger partial charge in [0.05, 0.1) is 17.6 Å². The molecule has 0 aromatic carbocycles. The summed E-state index contributed by atoms with van der Waals surface area (Å²) >= 11 is 1.27. The molecule has 1 amide bonds. The predicted molar refractivity (Wildman–Crippen MR) is 89.0 cm³/mol.